The average molecular weight is 276 g/mol. The summed E-state index contributed by atoms with van der Waals surface area (Å²) in [6.07, 6.45) is 0. The summed E-state index contributed by atoms with van der Waals surface area (Å²) < 4.78 is 5.67. The topological polar surface area (TPSA) is 34.1 Å². The lowest BCUT2D eigenvalue weighted by Crippen LogP contribution is -2.18. The summed E-state index contributed by atoms with van der Waals surface area (Å²) in [4.78, 5) is 4.19. The summed E-state index contributed by atoms with van der Waals surface area (Å²) >= 11 is 1.59. The highest BCUT2D eigenvalue weighted by Gasteiger charge is 1.99. The second kappa shape index (κ2) is 7.26. The zero-order valence-corrected chi connectivity index (χ0v) is 12.2. The van der Waals surface area contributed by atoms with Gasteiger partial charge in [-0.25, -0.2) is 4.98 Å². The van der Waals surface area contributed by atoms with E-state index in [1.165, 1.54) is 5.56 Å². The number of nitrogens with one attached hydrogen (secondary N) is 1. The summed E-state index contributed by atoms with van der Waals surface area (Å²) in [5, 5.41) is 5.43. The molecule has 0 saturated carbocycles. The predicted molar refractivity (Wildman–Crippen MR) is 79.4 cm³/mol. The molecule has 0 spiro atoms. The zero-order chi connectivity index (χ0) is 13.5. The van der Waals surface area contributed by atoms with Crippen LogP contribution in [-0.4, -0.2) is 11.5 Å². The summed E-state index contributed by atoms with van der Waals surface area (Å²) in [6, 6.07) is 8.23. The molecule has 1 aromatic carbocycles. The molecule has 0 atom stereocenters. The molecule has 3 nitrogen and oxygen atoms in total. The van der Waals surface area contributed by atoms with Gasteiger partial charge in [0.15, 0.2) is 0 Å². The molecule has 0 saturated heterocycles. The number of aromatic nitrogens is 1. The van der Waals surface area contributed by atoms with Gasteiger partial charge in [0.1, 0.15) is 12.4 Å². The van der Waals surface area contributed by atoms with Crippen LogP contribution in [0.25, 0.3) is 0 Å². The Morgan fingerprint density at radius 1 is 1.26 bits per heavy atom. The van der Waals surface area contributed by atoms with Crippen molar-refractivity contribution in [2.75, 3.05) is 6.54 Å². The number of benzene rings is 1. The van der Waals surface area contributed by atoms with E-state index in [9.17, 15) is 0 Å². The zero-order valence-electron chi connectivity index (χ0n) is 11.4. The Bertz CT molecular complexity index is 465. The SMILES string of the molecule is CC(C)CNCc1ccc(OCc2cscn2)cc1. The first-order valence-electron chi connectivity index (χ1n) is 6.53. The van der Waals surface area contributed by atoms with Crippen LogP contribution in [0.2, 0.25) is 0 Å². The Labute approximate surface area is 118 Å². The summed E-state index contributed by atoms with van der Waals surface area (Å²) in [6.45, 7) is 6.91. The molecule has 0 radical (unpaired) electrons. The maximum Gasteiger partial charge on any atom is 0.131 e. The molecule has 2 rings (SSSR count). The largest absolute Gasteiger partial charge is 0.487 e. The average Bonchev–Trinajstić information content (AvgIpc) is 2.90. The van der Waals surface area contributed by atoms with Crippen LogP contribution in [0.3, 0.4) is 0 Å². The molecule has 0 bridgehead atoms. The van der Waals surface area contributed by atoms with Gasteiger partial charge >= 0.3 is 0 Å². The molecule has 0 aliphatic carbocycles. The van der Waals surface area contributed by atoms with Crippen molar-refractivity contribution < 1.29 is 4.74 Å². The third kappa shape index (κ3) is 5.01. The van der Waals surface area contributed by atoms with Crippen LogP contribution in [0.4, 0.5) is 0 Å². The molecule has 1 aromatic heterocycles. The monoisotopic (exact) mass is 276 g/mol. The van der Waals surface area contributed by atoms with Crippen LogP contribution in [0.1, 0.15) is 25.1 Å². The molecule has 0 fully saturated rings. The van der Waals surface area contributed by atoms with E-state index in [-0.39, 0.29) is 0 Å². The first-order valence-corrected chi connectivity index (χ1v) is 7.48. The maximum absolute atomic E-state index is 5.67. The number of ether oxygens (including phenoxy) is 1. The normalized spacial score (nSPS) is 10.9. The number of hydrogen-bond acceptors (Lipinski definition) is 4. The second-order valence-electron chi connectivity index (χ2n) is 4.94. The van der Waals surface area contributed by atoms with Crippen molar-refractivity contribution in [3.8, 4) is 5.75 Å². The Morgan fingerprint density at radius 2 is 2.05 bits per heavy atom. The quantitative estimate of drug-likeness (QED) is 0.841. The smallest absolute Gasteiger partial charge is 0.131 e. The molecule has 0 aliphatic heterocycles. The van der Waals surface area contributed by atoms with Gasteiger partial charge in [-0.1, -0.05) is 26.0 Å². The molecular weight excluding hydrogens is 256 g/mol. The van der Waals surface area contributed by atoms with E-state index in [4.69, 9.17) is 4.74 Å². The Hall–Kier alpha value is -1.39. The minimum absolute atomic E-state index is 0.536. The van der Waals surface area contributed by atoms with Crippen LogP contribution in [-0.2, 0) is 13.2 Å². The Balaban J connectivity index is 1.77. The number of nitrogens with zero attached hydrogens (tertiary/aromatic N) is 1. The van der Waals surface area contributed by atoms with Crippen LogP contribution < -0.4 is 10.1 Å². The number of thiazole rings is 1. The lowest BCUT2D eigenvalue weighted by molar-refractivity contribution is 0.302. The van der Waals surface area contributed by atoms with Gasteiger partial charge in [-0.15, -0.1) is 11.3 Å². The number of hydrogen-bond donors (Lipinski definition) is 1. The van der Waals surface area contributed by atoms with E-state index in [1.807, 2.05) is 23.0 Å². The van der Waals surface area contributed by atoms with E-state index in [1.54, 1.807) is 11.3 Å². The Kier molecular flexibility index (Phi) is 5.36. The van der Waals surface area contributed by atoms with E-state index < -0.39 is 0 Å². The van der Waals surface area contributed by atoms with Gasteiger partial charge < -0.3 is 10.1 Å². The van der Waals surface area contributed by atoms with Gasteiger partial charge in [-0.05, 0) is 30.2 Å². The van der Waals surface area contributed by atoms with Gasteiger partial charge in [0.05, 0.1) is 11.2 Å². The first kappa shape index (κ1) is 14.0. The van der Waals surface area contributed by atoms with Gasteiger partial charge in [-0.3, -0.25) is 0 Å². The van der Waals surface area contributed by atoms with E-state index in [0.717, 1.165) is 24.5 Å². The fraction of sp³-hybridized carbons (Fsp3) is 0.400. The highest BCUT2D eigenvalue weighted by atomic mass is 32.1. The van der Waals surface area contributed by atoms with Crippen molar-refractivity contribution in [2.45, 2.75) is 27.0 Å². The third-order valence-electron chi connectivity index (χ3n) is 2.68. The third-order valence-corrected chi connectivity index (χ3v) is 3.31. The van der Waals surface area contributed by atoms with Crippen molar-refractivity contribution >= 4 is 11.3 Å². The van der Waals surface area contributed by atoms with Crippen molar-refractivity contribution in [3.63, 3.8) is 0 Å². The molecule has 0 unspecified atom stereocenters. The van der Waals surface area contributed by atoms with Gasteiger partial charge in [0, 0.05) is 11.9 Å². The molecule has 102 valence electrons. The van der Waals surface area contributed by atoms with Crippen molar-refractivity contribution in [1.82, 2.24) is 10.3 Å². The molecule has 1 N–H and O–H groups in total. The fourth-order valence-corrected chi connectivity index (χ4v) is 2.22. The predicted octanol–water partition coefficient (Wildman–Crippen LogP) is 3.47. The lowest BCUT2D eigenvalue weighted by Gasteiger charge is -2.08. The molecular formula is C15H20N2OS. The first-order chi connectivity index (χ1) is 9.24. The van der Waals surface area contributed by atoms with Gasteiger partial charge in [0.2, 0.25) is 0 Å². The Morgan fingerprint density at radius 3 is 2.68 bits per heavy atom. The number of rotatable bonds is 7. The minimum atomic E-state index is 0.536. The van der Waals surface area contributed by atoms with Crippen molar-refractivity contribution in [3.05, 3.63) is 46.4 Å². The van der Waals surface area contributed by atoms with Crippen LogP contribution >= 0.6 is 11.3 Å². The van der Waals surface area contributed by atoms with Gasteiger partial charge in [-0.2, -0.15) is 0 Å². The molecule has 4 heteroatoms. The van der Waals surface area contributed by atoms with E-state index in [0.29, 0.717) is 12.5 Å². The van der Waals surface area contributed by atoms with Crippen LogP contribution in [0.5, 0.6) is 5.75 Å². The van der Waals surface area contributed by atoms with Crippen LogP contribution in [0, 0.1) is 5.92 Å². The highest BCUT2D eigenvalue weighted by Crippen LogP contribution is 2.14. The molecule has 0 amide bonds. The van der Waals surface area contributed by atoms with Crippen molar-refractivity contribution in [2.24, 2.45) is 5.92 Å². The molecule has 19 heavy (non-hydrogen) atoms. The molecule has 0 aliphatic rings. The second-order valence-corrected chi connectivity index (χ2v) is 5.66. The van der Waals surface area contributed by atoms with E-state index >= 15 is 0 Å². The molecule has 2 aromatic rings. The van der Waals surface area contributed by atoms with Crippen molar-refractivity contribution in [1.29, 1.82) is 0 Å². The minimum Gasteiger partial charge on any atom is -0.487 e. The van der Waals surface area contributed by atoms with E-state index in [2.05, 4.69) is 36.3 Å². The summed E-state index contributed by atoms with van der Waals surface area (Å²) in [7, 11) is 0. The highest BCUT2D eigenvalue weighted by molar-refractivity contribution is 7.07. The summed E-state index contributed by atoms with van der Waals surface area (Å²) in [5.74, 6) is 1.57. The summed E-state index contributed by atoms with van der Waals surface area (Å²) in [5.41, 5.74) is 4.08. The fourth-order valence-electron chi connectivity index (χ4n) is 1.67. The van der Waals surface area contributed by atoms with Crippen LogP contribution in [0.15, 0.2) is 35.2 Å². The maximum atomic E-state index is 5.67. The molecule has 1 heterocycles. The van der Waals surface area contributed by atoms with Gasteiger partial charge in [0.25, 0.3) is 0 Å². The lowest BCUT2D eigenvalue weighted by atomic mass is 10.2. The standard InChI is InChI=1S/C15H20N2OS/c1-12(2)7-16-8-13-3-5-15(6-4-13)18-9-14-10-19-11-17-14/h3-6,10-12,16H,7-9H2,1-2H3.